The van der Waals surface area contributed by atoms with E-state index in [9.17, 15) is 9.90 Å². The minimum Gasteiger partial charge on any atom is -0.482 e. The molecule has 1 fully saturated rings. The molecule has 0 spiro atoms. The van der Waals surface area contributed by atoms with Crippen molar-refractivity contribution in [3.63, 3.8) is 0 Å². The lowest BCUT2D eigenvalue weighted by Gasteiger charge is -2.32. The maximum Gasteiger partial charge on any atom is 0.341 e. The number of carboxylic acids is 1. The maximum absolute atomic E-state index is 10.9. The second-order valence-electron chi connectivity index (χ2n) is 9.93. The number of aliphatic carboxylic acids is 1. The van der Waals surface area contributed by atoms with E-state index in [-0.39, 0.29) is 30.8 Å². The van der Waals surface area contributed by atoms with Gasteiger partial charge in [0.2, 0.25) is 0 Å². The third-order valence-electron chi connectivity index (χ3n) is 7.18. The van der Waals surface area contributed by atoms with Crippen molar-refractivity contribution < 1.29 is 29.5 Å². The number of ether oxygens (including phenoxy) is 1. The fourth-order valence-electron chi connectivity index (χ4n) is 5.56. The Hall–Kier alpha value is -1.67. The third-order valence-corrected chi connectivity index (χ3v) is 7.18. The highest BCUT2D eigenvalue weighted by molar-refractivity contribution is 5.68. The molecule has 1 aromatic carbocycles. The van der Waals surface area contributed by atoms with Gasteiger partial charge in [-0.1, -0.05) is 38.3 Å². The Morgan fingerprint density at radius 2 is 2.06 bits per heavy atom. The van der Waals surface area contributed by atoms with Crippen LogP contribution < -0.4 is 10.5 Å². The first-order valence-corrected chi connectivity index (χ1v) is 12.6. The van der Waals surface area contributed by atoms with Gasteiger partial charge in [0.05, 0.1) is 18.8 Å². The first-order chi connectivity index (χ1) is 15.9. The number of hydrogen-bond donors (Lipinski definition) is 3. The number of unbranched alkanes of at least 4 members (excludes halogenated alkanes) is 2. The number of fused-ring (bicyclic) bond motifs is 2. The van der Waals surface area contributed by atoms with E-state index in [1.807, 2.05) is 19.1 Å². The van der Waals surface area contributed by atoms with E-state index in [2.05, 4.69) is 13.0 Å². The van der Waals surface area contributed by atoms with Gasteiger partial charge in [-0.3, -0.25) is 0 Å². The molecule has 0 radical (unpaired) electrons. The topological polar surface area (TPSA) is 111 Å². The number of aliphatic hydroxyl groups is 1. The molecule has 0 bridgehead atoms. The molecule has 0 saturated heterocycles. The molecule has 186 valence electrons. The largest absolute Gasteiger partial charge is 0.482 e. The lowest BCUT2D eigenvalue weighted by Crippen LogP contribution is -2.29. The summed E-state index contributed by atoms with van der Waals surface area (Å²) in [7, 11) is 0. The maximum atomic E-state index is 10.9. The molecule has 6 atom stereocenters. The van der Waals surface area contributed by atoms with Crippen molar-refractivity contribution >= 4 is 5.97 Å². The summed E-state index contributed by atoms with van der Waals surface area (Å²) in [6, 6.07) is 5.83. The van der Waals surface area contributed by atoms with Gasteiger partial charge in [0.25, 0.3) is 0 Å². The predicted octanol–water partition coefficient (Wildman–Crippen LogP) is 3.89. The molecule has 4 N–H and O–H groups in total. The second kappa shape index (κ2) is 12.7. The van der Waals surface area contributed by atoms with E-state index in [1.54, 1.807) is 0 Å². The Balaban J connectivity index is 1.61. The molecule has 7 nitrogen and oxygen atoms in total. The minimum atomic E-state index is -0.974. The molecule has 6 unspecified atom stereocenters. The summed E-state index contributed by atoms with van der Waals surface area (Å²) in [5.41, 5.74) is 8.10. The number of hydrogen-bond acceptors (Lipinski definition) is 6. The molecule has 0 heterocycles. The van der Waals surface area contributed by atoms with E-state index in [1.165, 1.54) is 12.0 Å². The van der Waals surface area contributed by atoms with Crippen molar-refractivity contribution in [2.24, 2.45) is 23.5 Å². The Kier molecular flexibility index (Phi) is 9.98. The molecule has 1 saturated carbocycles. The van der Waals surface area contributed by atoms with Gasteiger partial charge in [-0.25, -0.2) is 14.6 Å². The number of carboxylic acid groups (broad SMARTS) is 1. The summed E-state index contributed by atoms with van der Waals surface area (Å²) in [6.45, 7) is 4.13. The monoisotopic (exact) mass is 463 g/mol. The van der Waals surface area contributed by atoms with Gasteiger partial charge in [-0.15, -0.1) is 0 Å². The normalized spacial score (nSPS) is 25.8. The number of benzene rings is 1. The summed E-state index contributed by atoms with van der Waals surface area (Å²) in [4.78, 5) is 22.1. The van der Waals surface area contributed by atoms with Gasteiger partial charge >= 0.3 is 5.97 Å². The van der Waals surface area contributed by atoms with Crippen molar-refractivity contribution in [3.8, 4) is 5.75 Å². The number of aliphatic hydroxyl groups excluding tert-OH is 1. The molecule has 33 heavy (non-hydrogen) atoms. The number of nitrogens with two attached hydrogens (primary N) is 1. The van der Waals surface area contributed by atoms with Gasteiger partial charge in [0.15, 0.2) is 6.61 Å². The van der Waals surface area contributed by atoms with Crippen LogP contribution in [0.4, 0.5) is 0 Å². The van der Waals surface area contributed by atoms with E-state index < -0.39 is 5.97 Å². The van der Waals surface area contributed by atoms with Gasteiger partial charge in [0, 0.05) is 6.04 Å². The molecular weight excluding hydrogens is 422 g/mol. The van der Waals surface area contributed by atoms with Crippen molar-refractivity contribution in [1.29, 1.82) is 0 Å². The quantitative estimate of drug-likeness (QED) is 0.218. The zero-order valence-electron chi connectivity index (χ0n) is 20.1. The number of carbonyl (C=O) groups is 1. The first kappa shape index (κ1) is 25.9. The van der Waals surface area contributed by atoms with E-state index in [4.69, 9.17) is 25.4 Å². The molecule has 0 aromatic heterocycles. The van der Waals surface area contributed by atoms with Gasteiger partial charge < -0.3 is 20.7 Å². The van der Waals surface area contributed by atoms with Crippen LogP contribution in [0, 0.1) is 17.8 Å². The Morgan fingerprint density at radius 1 is 1.24 bits per heavy atom. The van der Waals surface area contributed by atoms with E-state index in [0.717, 1.165) is 56.9 Å². The summed E-state index contributed by atoms with van der Waals surface area (Å²) in [6.07, 6.45) is 8.38. The van der Waals surface area contributed by atoms with E-state index in [0.29, 0.717) is 24.2 Å². The Labute approximate surface area is 197 Å². The fraction of sp³-hybridized carbons (Fsp3) is 0.731. The molecule has 1 aromatic rings. The van der Waals surface area contributed by atoms with Crippen LogP contribution in [0.5, 0.6) is 5.75 Å². The van der Waals surface area contributed by atoms with Crippen LogP contribution >= 0.6 is 0 Å². The highest BCUT2D eigenvalue weighted by atomic mass is 17.2. The molecule has 2 aliphatic carbocycles. The lowest BCUT2D eigenvalue weighted by molar-refractivity contribution is -0.328. The van der Waals surface area contributed by atoms with Crippen LogP contribution in [0.25, 0.3) is 0 Å². The molecule has 3 rings (SSSR count). The smallest absolute Gasteiger partial charge is 0.341 e. The zero-order valence-corrected chi connectivity index (χ0v) is 20.1. The fourth-order valence-corrected chi connectivity index (χ4v) is 5.56. The van der Waals surface area contributed by atoms with Crippen molar-refractivity contribution in [2.45, 2.75) is 89.9 Å². The molecule has 0 aliphatic heterocycles. The van der Waals surface area contributed by atoms with Crippen LogP contribution in [0.3, 0.4) is 0 Å². The van der Waals surface area contributed by atoms with Crippen LogP contribution in [0.1, 0.15) is 69.9 Å². The Morgan fingerprint density at radius 3 is 2.79 bits per heavy atom. The lowest BCUT2D eigenvalue weighted by atomic mass is 9.73. The van der Waals surface area contributed by atoms with Crippen molar-refractivity contribution in [2.75, 3.05) is 13.2 Å². The molecule has 2 aliphatic rings. The van der Waals surface area contributed by atoms with Gasteiger partial charge in [0.1, 0.15) is 5.75 Å². The summed E-state index contributed by atoms with van der Waals surface area (Å²) < 4.78 is 5.55. The average molecular weight is 464 g/mol. The van der Waals surface area contributed by atoms with Crippen LogP contribution in [-0.4, -0.2) is 47.6 Å². The Bertz CT molecular complexity index is 754. The highest BCUT2D eigenvalue weighted by Crippen LogP contribution is 2.48. The zero-order chi connectivity index (χ0) is 23.8. The molecule has 0 amide bonds. The highest BCUT2D eigenvalue weighted by Gasteiger charge is 2.45. The minimum absolute atomic E-state index is 0.0217. The second-order valence-corrected chi connectivity index (χ2v) is 9.93. The van der Waals surface area contributed by atoms with Crippen LogP contribution in [-0.2, 0) is 27.4 Å². The predicted molar refractivity (Wildman–Crippen MR) is 126 cm³/mol. The standard InChI is InChI=1S/C26H41NO6/c1-3-4-5-8-20(33-32-15-17(2)27)10-11-21-22-12-18-7-6-9-25(31-16-26(29)30)23(18)13-19(22)14-24(21)28/h6-7,9,17,19-22,24,28H,3-5,8,10-16,27H2,1-2H3,(H,29,30). The molecular formula is C26H41NO6. The van der Waals surface area contributed by atoms with Gasteiger partial charge in [-0.2, -0.15) is 0 Å². The average Bonchev–Trinajstić information content (AvgIpc) is 3.07. The van der Waals surface area contributed by atoms with Gasteiger partial charge in [-0.05, 0) is 80.4 Å². The molecule has 7 heteroatoms. The van der Waals surface area contributed by atoms with Crippen molar-refractivity contribution in [1.82, 2.24) is 0 Å². The SMILES string of the molecule is CCCCCC(CCC1C(O)CC2Cc3c(cccc3OCC(=O)O)CC21)OOCC(C)N. The van der Waals surface area contributed by atoms with Crippen molar-refractivity contribution in [3.05, 3.63) is 29.3 Å². The van der Waals surface area contributed by atoms with Crippen LogP contribution in [0.15, 0.2) is 18.2 Å². The first-order valence-electron chi connectivity index (χ1n) is 12.6. The summed E-state index contributed by atoms with van der Waals surface area (Å²) in [5, 5.41) is 19.9. The summed E-state index contributed by atoms with van der Waals surface area (Å²) >= 11 is 0. The third kappa shape index (κ3) is 7.41. The summed E-state index contributed by atoms with van der Waals surface area (Å²) in [5.74, 6) is 0.738. The van der Waals surface area contributed by atoms with E-state index >= 15 is 0 Å². The van der Waals surface area contributed by atoms with Crippen LogP contribution in [0.2, 0.25) is 0 Å². The number of rotatable bonds is 14.